The molecule has 1 saturated carbocycles. The van der Waals surface area contributed by atoms with E-state index in [2.05, 4.69) is 10.1 Å². The fraction of sp³-hybridized carbons (Fsp3) is 0.800. The molecule has 15 heavy (non-hydrogen) atoms. The highest BCUT2D eigenvalue weighted by molar-refractivity contribution is 6.05. The third kappa shape index (κ3) is 1.71. The molecule has 1 amide bonds. The number of hydrogen-bond donors (Lipinski definition) is 1. The summed E-state index contributed by atoms with van der Waals surface area (Å²) < 4.78 is 4.69. The molecule has 1 N–H and O–H groups in total. The van der Waals surface area contributed by atoms with Gasteiger partial charge in [0.15, 0.2) is 0 Å². The molecule has 1 aliphatic heterocycles. The van der Waals surface area contributed by atoms with Crippen LogP contribution in [0, 0.1) is 5.41 Å². The number of ether oxygens (including phenoxy) is 1. The van der Waals surface area contributed by atoms with Crippen molar-refractivity contribution in [3.05, 3.63) is 0 Å². The molecule has 0 aromatic rings. The molecule has 0 aromatic carbocycles. The highest BCUT2D eigenvalue weighted by Crippen LogP contribution is 2.48. The first kappa shape index (κ1) is 10.4. The number of nitrogens with one attached hydrogen (secondary N) is 1. The Bertz CT molecular complexity index is 280. The number of piperazine rings is 1. The van der Waals surface area contributed by atoms with Crippen molar-refractivity contribution in [2.75, 3.05) is 33.3 Å². The van der Waals surface area contributed by atoms with Crippen molar-refractivity contribution in [3.8, 4) is 0 Å². The van der Waals surface area contributed by atoms with E-state index in [-0.39, 0.29) is 11.9 Å². The number of amides is 1. The molecule has 84 valence electrons. The van der Waals surface area contributed by atoms with Crippen LogP contribution in [0.25, 0.3) is 0 Å². The number of methoxy groups -OCH3 is 1. The van der Waals surface area contributed by atoms with E-state index in [9.17, 15) is 9.59 Å². The average molecular weight is 212 g/mol. The van der Waals surface area contributed by atoms with Gasteiger partial charge in [-0.05, 0) is 12.8 Å². The number of rotatable bonds is 2. The predicted octanol–water partition coefficient (Wildman–Crippen LogP) is -0.629. The van der Waals surface area contributed by atoms with Gasteiger partial charge in [-0.2, -0.15) is 0 Å². The third-order valence-electron chi connectivity index (χ3n) is 3.14. The maximum absolute atomic E-state index is 12.1. The second kappa shape index (κ2) is 3.81. The Morgan fingerprint density at radius 1 is 1.27 bits per heavy atom. The summed E-state index contributed by atoms with van der Waals surface area (Å²) in [6.07, 6.45) is 1.28. The lowest BCUT2D eigenvalue weighted by Gasteiger charge is -2.30. The average Bonchev–Trinajstić information content (AvgIpc) is 3.09. The number of esters is 1. The van der Waals surface area contributed by atoms with Crippen LogP contribution in [0.3, 0.4) is 0 Å². The van der Waals surface area contributed by atoms with Crippen LogP contribution in [0.2, 0.25) is 0 Å². The summed E-state index contributed by atoms with van der Waals surface area (Å²) in [6.45, 7) is 3.00. The van der Waals surface area contributed by atoms with E-state index in [4.69, 9.17) is 0 Å². The molecular formula is C10H16N2O3. The van der Waals surface area contributed by atoms with Gasteiger partial charge >= 0.3 is 5.97 Å². The molecule has 1 heterocycles. The molecular weight excluding hydrogens is 196 g/mol. The van der Waals surface area contributed by atoms with E-state index >= 15 is 0 Å². The van der Waals surface area contributed by atoms with Crippen molar-refractivity contribution < 1.29 is 14.3 Å². The van der Waals surface area contributed by atoms with Crippen LogP contribution >= 0.6 is 0 Å². The summed E-state index contributed by atoms with van der Waals surface area (Å²) in [4.78, 5) is 25.3. The van der Waals surface area contributed by atoms with Crippen molar-refractivity contribution in [1.29, 1.82) is 0 Å². The zero-order valence-electron chi connectivity index (χ0n) is 8.91. The lowest BCUT2D eigenvalue weighted by atomic mass is 10.1. The van der Waals surface area contributed by atoms with Crippen LogP contribution in [-0.2, 0) is 14.3 Å². The van der Waals surface area contributed by atoms with Gasteiger partial charge in [-0.25, -0.2) is 0 Å². The van der Waals surface area contributed by atoms with Crippen LogP contribution < -0.4 is 5.32 Å². The van der Waals surface area contributed by atoms with E-state index in [1.54, 1.807) is 4.90 Å². The quantitative estimate of drug-likeness (QED) is 0.489. The Morgan fingerprint density at radius 3 is 2.33 bits per heavy atom. The Balaban J connectivity index is 2.03. The fourth-order valence-corrected chi connectivity index (χ4v) is 2.00. The lowest BCUT2D eigenvalue weighted by molar-refractivity contribution is -0.156. The maximum Gasteiger partial charge on any atom is 0.321 e. The largest absolute Gasteiger partial charge is 0.468 e. The van der Waals surface area contributed by atoms with Crippen LogP contribution in [0.15, 0.2) is 0 Å². The van der Waals surface area contributed by atoms with Gasteiger partial charge in [-0.1, -0.05) is 0 Å². The zero-order chi connectivity index (χ0) is 10.9. The highest BCUT2D eigenvalue weighted by atomic mass is 16.5. The van der Waals surface area contributed by atoms with Crippen LogP contribution in [0.4, 0.5) is 0 Å². The summed E-state index contributed by atoms with van der Waals surface area (Å²) in [6, 6.07) is 0. The molecule has 0 aromatic heterocycles. The normalized spacial score (nSPS) is 23.4. The molecule has 0 spiro atoms. The molecule has 0 radical (unpaired) electrons. The molecule has 2 fully saturated rings. The van der Waals surface area contributed by atoms with Gasteiger partial charge in [0.05, 0.1) is 7.11 Å². The Kier molecular flexibility index (Phi) is 2.65. The third-order valence-corrected chi connectivity index (χ3v) is 3.14. The number of hydrogen-bond acceptors (Lipinski definition) is 4. The molecule has 1 saturated heterocycles. The maximum atomic E-state index is 12.1. The molecule has 5 nitrogen and oxygen atoms in total. The van der Waals surface area contributed by atoms with Crippen LogP contribution in [0.5, 0.6) is 0 Å². The minimum Gasteiger partial charge on any atom is -0.468 e. The first-order chi connectivity index (χ1) is 7.20. The van der Waals surface area contributed by atoms with Gasteiger partial charge < -0.3 is 15.0 Å². The number of nitrogens with zero attached hydrogens (tertiary/aromatic N) is 1. The van der Waals surface area contributed by atoms with Gasteiger partial charge in [0.2, 0.25) is 5.91 Å². The highest BCUT2D eigenvalue weighted by Gasteiger charge is 2.59. The van der Waals surface area contributed by atoms with Gasteiger partial charge in [0, 0.05) is 26.2 Å². The standard InChI is InChI=1S/C10H16N2O3/c1-15-9(14)10(2-3-10)8(13)12-6-4-11-5-7-12/h11H,2-7H2,1H3. The summed E-state index contributed by atoms with van der Waals surface area (Å²) in [5.74, 6) is -0.415. The van der Waals surface area contributed by atoms with Gasteiger partial charge in [0.25, 0.3) is 0 Å². The fourth-order valence-electron chi connectivity index (χ4n) is 2.00. The van der Waals surface area contributed by atoms with E-state index in [1.165, 1.54) is 7.11 Å². The van der Waals surface area contributed by atoms with Gasteiger partial charge in [-0.3, -0.25) is 9.59 Å². The SMILES string of the molecule is COC(=O)C1(C(=O)N2CCNCC2)CC1. The number of carbonyl (C=O) groups excluding carboxylic acids is 2. The van der Waals surface area contributed by atoms with Crippen molar-refractivity contribution in [2.24, 2.45) is 5.41 Å². The first-order valence-corrected chi connectivity index (χ1v) is 5.29. The topological polar surface area (TPSA) is 58.6 Å². The van der Waals surface area contributed by atoms with E-state index in [1.807, 2.05) is 0 Å². The Hall–Kier alpha value is -1.10. The van der Waals surface area contributed by atoms with Crippen molar-refractivity contribution in [2.45, 2.75) is 12.8 Å². The van der Waals surface area contributed by atoms with E-state index < -0.39 is 5.41 Å². The summed E-state index contributed by atoms with van der Waals surface area (Å²) in [5, 5.41) is 3.17. The van der Waals surface area contributed by atoms with Crippen molar-refractivity contribution in [3.63, 3.8) is 0 Å². The monoisotopic (exact) mass is 212 g/mol. The molecule has 0 bridgehead atoms. The molecule has 5 heteroatoms. The summed E-state index contributed by atoms with van der Waals surface area (Å²) in [7, 11) is 1.34. The number of carbonyl (C=O) groups is 2. The molecule has 2 aliphatic rings. The Labute approximate surface area is 88.8 Å². The minimum absolute atomic E-state index is 0.0455. The summed E-state index contributed by atoms with van der Waals surface area (Å²) in [5.41, 5.74) is -0.827. The molecule has 2 rings (SSSR count). The smallest absolute Gasteiger partial charge is 0.321 e. The molecule has 0 unspecified atom stereocenters. The van der Waals surface area contributed by atoms with Gasteiger partial charge in [-0.15, -0.1) is 0 Å². The second-order valence-corrected chi connectivity index (χ2v) is 4.12. The lowest BCUT2D eigenvalue weighted by Crippen LogP contribution is -2.50. The predicted molar refractivity (Wildman–Crippen MR) is 53.1 cm³/mol. The molecule has 1 aliphatic carbocycles. The van der Waals surface area contributed by atoms with Crippen molar-refractivity contribution >= 4 is 11.9 Å². The van der Waals surface area contributed by atoms with Gasteiger partial charge in [0.1, 0.15) is 5.41 Å². The summed E-state index contributed by atoms with van der Waals surface area (Å²) >= 11 is 0. The van der Waals surface area contributed by atoms with Crippen LogP contribution in [-0.4, -0.2) is 50.1 Å². The zero-order valence-corrected chi connectivity index (χ0v) is 8.91. The van der Waals surface area contributed by atoms with Crippen molar-refractivity contribution in [1.82, 2.24) is 10.2 Å². The Morgan fingerprint density at radius 2 is 1.87 bits per heavy atom. The van der Waals surface area contributed by atoms with Crippen LogP contribution in [0.1, 0.15) is 12.8 Å². The van der Waals surface area contributed by atoms with E-state index in [0.717, 1.165) is 13.1 Å². The van der Waals surface area contributed by atoms with E-state index in [0.29, 0.717) is 25.9 Å². The molecule has 0 atom stereocenters. The second-order valence-electron chi connectivity index (χ2n) is 4.12. The first-order valence-electron chi connectivity index (χ1n) is 5.29. The minimum atomic E-state index is -0.827.